The van der Waals surface area contributed by atoms with Crippen LogP contribution < -0.4 is 0 Å². The standard InChI is InChI=1S/C13H18O2/c1-3-7-13(14)11(2)15-10-12-8-5-4-6-9-12/h4-6,8-9,11H,3,7,10H2,1-2H3/t11-/m1/s1. The summed E-state index contributed by atoms with van der Waals surface area (Å²) in [6.45, 7) is 4.33. The molecule has 0 spiro atoms. The van der Waals surface area contributed by atoms with Gasteiger partial charge in [0.2, 0.25) is 0 Å². The topological polar surface area (TPSA) is 26.3 Å². The fraction of sp³-hybridized carbons (Fsp3) is 0.462. The third-order valence-electron chi connectivity index (χ3n) is 2.29. The maximum absolute atomic E-state index is 11.4. The van der Waals surface area contributed by atoms with Crippen molar-refractivity contribution in [2.45, 2.75) is 39.4 Å². The summed E-state index contributed by atoms with van der Waals surface area (Å²) in [5.41, 5.74) is 1.11. The van der Waals surface area contributed by atoms with Crippen LogP contribution in [0.25, 0.3) is 0 Å². The van der Waals surface area contributed by atoms with E-state index < -0.39 is 0 Å². The lowest BCUT2D eigenvalue weighted by Gasteiger charge is -2.11. The largest absolute Gasteiger partial charge is 0.366 e. The summed E-state index contributed by atoms with van der Waals surface area (Å²) >= 11 is 0. The highest BCUT2D eigenvalue weighted by Gasteiger charge is 2.11. The van der Waals surface area contributed by atoms with Crippen molar-refractivity contribution in [1.82, 2.24) is 0 Å². The summed E-state index contributed by atoms with van der Waals surface area (Å²) < 4.78 is 5.49. The normalized spacial score (nSPS) is 12.4. The highest BCUT2D eigenvalue weighted by Crippen LogP contribution is 2.05. The number of ether oxygens (including phenoxy) is 1. The molecule has 0 bridgehead atoms. The fourth-order valence-corrected chi connectivity index (χ4v) is 1.34. The number of carbonyl (C=O) groups is 1. The lowest BCUT2D eigenvalue weighted by atomic mass is 10.1. The number of hydrogen-bond donors (Lipinski definition) is 0. The molecule has 0 aromatic heterocycles. The predicted molar refractivity (Wildman–Crippen MR) is 60.6 cm³/mol. The maximum Gasteiger partial charge on any atom is 0.161 e. The molecule has 0 saturated heterocycles. The average Bonchev–Trinajstić information content (AvgIpc) is 2.27. The smallest absolute Gasteiger partial charge is 0.161 e. The average molecular weight is 206 g/mol. The van der Waals surface area contributed by atoms with Crippen LogP contribution in [0.15, 0.2) is 30.3 Å². The second-order valence-electron chi connectivity index (χ2n) is 3.66. The molecule has 0 amide bonds. The van der Waals surface area contributed by atoms with Gasteiger partial charge in [0.1, 0.15) is 6.10 Å². The fourth-order valence-electron chi connectivity index (χ4n) is 1.34. The molecule has 0 aliphatic heterocycles. The van der Waals surface area contributed by atoms with Gasteiger partial charge in [-0.2, -0.15) is 0 Å². The summed E-state index contributed by atoms with van der Waals surface area (Å²) in [4.78, 5) is 11.4. The minimum atomic E-state index is -0.287. The van der Waals surface area contributed by atoms with E-state index in [9.17, 15) is 4.79 Å². The Bertz CT molecular complexity index is 293. The number of Topliss-reactive ketones (excluding diaryl/α,β-unsaturated/α-hetero) is 1. The van der Waals surface area contributed by atoms with Crippen LogP contribution in [0.5, 0.6) is 0 Å². The maximum atomic E-state index is 11.4. The van der Waals surface area contributed by atoms with Gasteiger partial charge in [-0.05, 0) is 18.9 Å². The van der Waals surface area contributed by atoms with Crippen LogP contribution in [-0.4, -0.2) is 11.9 Å². The first-order valence-corrected chi connectivity index (χ1v) is 5.42. The van der Waals surface area contributed by atoms with E-state index in [1.54, 1.807) is 0 Å². The van der Waals surface area contributed by atoms with Gasteiger partial charge in [0, 0.05) is 6.42 Å². The Balaban J connectivity index is 2.34. The van der Waals surface area contributed by atoms with Crippen molar-refractivity contribution in [1.29, 1.82) is 0 Å². The molecule has 1 aromatic carbocycles. The van der Waals surface area contributed by atoms with Crippen LogP contribution in [0.2, 0.25) is 0 Å². The Labute approximate surface area is 91.3 Å². The second kappa shape index (κ2) is 6.36. The summed E-state index contributed by atoms with van der Waals surface area (Å²) in [6, 6.07) is 9.90. The van der Waals surface area contributed by atoms with Gasteiger partial charge in [-0.15, -0.1) is 0 Å². The summed E-state index contributed by atoms with van der Waals surface area (Å²) in [5, 5.41) is 0. The van der Waals surface area contributed by atoms with E-state index in [1.165, 1.54) is 0 Å². The van der Waals surface area contributed by atoms with Crippen molar-refractivity contribution in [3.63, 3.8) is 0 Å². The summed E-state index contributed by atoms with van der Waals surface area (Å²) in [5.74, 6) is 0.188. The third kappa shape index (κ3) is 4.26. The molecule has 1 rings (SSSR count). The number of rotatable bonds is 6. The zero-order valence-electron chi connectivity index (χ0n) is 9.40. The van der Waals surface area contributed by atoms with Gasteiger partial charge in [-0.25, -0.2) is 0 Å². The number of carbonyl (C=O) groups excluding carboxylic acids is 1. The van der Waals surface area contributed by atoms with Crippen LogP contribution in [0.4, 0.5) is 0 Å². The SMILES string of the molecule is CCCC(=O)[C@@H](C)OCc1ccccc1. The summed E-state index contributed by atoms with van der Waals surface area (Å²) in [6.07, 6.45) is 1.21. The highest BCUT2D eigenvalue weighted by atomic mass is 16.5. The molecule has 0 saturated carbocycles. The van der Waals surface area contributed by atoms with Crippen molar-refractivity contribution in [3.8, 4) is 0 Å². The summed E-state index contributed by atoms with van der Waals surface area (Å²) in [7, 11) is 0. The van der Waals surface area contributed by atoms with E-state index >= 15 is 0 Å². The Morgan fingerprint density at radius 1 is 1.33 bits per heavy atom. The van der Waals surface area contributed by atoms with E-state index in [2.05, 4.69) is 0 Å². The molecule has 15 heavy (non-hydrogen) atoms. The van der Waals surface area contributed by atoms with E-state index in [0.717, 1.165) is 12.0 Å². The molecule has 2 nitrogen and oxygen atoms in total. The van der Waals surface area contributed by atoms with Crippen LogP contribution in [-0.2, 0) is 16.1 Å². The molecule has 1 aromatic rings. The molecule has 0 heterocycles. The van der Waals surface area contributed by atoms with E-state index in [-0.39, 0.29) is 11.9 Å². The van der Waals surface area contributed by atoms with Crippen molar-refractivity contribution in [3.05, 3.63) is 35.9 Å². The monoisotopic (exact) mass is 206 g/mol. The molecule has 0 radical (unpaired) electrons. The quantitative estimate of drug-likeness (QED) is 0.715. The zero-order valence-corrected chi connectivity index (χ0v) is 9.40. The lowest BCUT2D eigenvalue weighted by Crippen LogP contribution is -2.20. The van der Waals surface area contributed by atoms with E-state index in [0.29, 0.717) is 13.0 Å². The molecule has 0 fully saturated rings. The zero-order chi connectivity index (χ0) is 11.1. The van der Waals surface area contributed by atoms with Gasteiger partial charge in [0.25, 0.3) is 0 Å². The molecule has 0 unspecified atom stereocenters. The minimum Gasteiger partial charge on any atom is -0.366 e. The van der Waals surface area contributed by atoms with Gasteiger partial charge in [-0.1, -0.05) is 37.3 Å². The van der Waals surface area contributed by atoms with Gasteiger partial charge in [-0.3, -0.25) is 4.79 Å². The molecule has 0 aliphatic carbocycles. The second-order valence-corrected chi connectivity index (χ2v) is 3.66. The van der Waals surface area contributed by atoms with E-state index in [1.807, 2.05) is 44.2 Å². The van der Waals surface area contributed by atoms with Crippen LogP contribution in [0.3, 0.4) is 0 Å². The molecule has 1 atom stereocenters. The number of hydrogen-bond acceptors (Lipinski definition) is 2. The van der Waals surface area contributed by atoms with E-state index in [4.69, 9.17) is 4.74 Å². The third-order valence-corrected chi connectivity index (χ3v) is 2.29. The van der Waals surface area contributed by atoms with Crippen LogP contribution >= 0.6 is 0 Å². The molecule has 2 heteroatoms. The molecular formula is C13H18O2. The minimum absolute atomic E-state index is 0.188. The van der Waals surface area contributed by atoms with Crippen LogP contribution in [0.1, 0.15) is 32.3 Å². The highest BCUT2D eigenvalue weighted by molar-refractivity contribution is 5.82. The first-order valence-electron chi connectivity index (χ1n) is 5.42. The van der Waals surface area contributed by atoms with Gasteiger partial charge in [0.15, 0.2) is 5.78 Å². The molecular weight excluding hydrogens is 188 g/mol. The van der Waals surface area contributed by atoms with Crippen molar-refractivity contribution in [2.24, 2.45) is 0 Å². The van der Waals surface area contributed by atoms with Gasteiger partial charge in [0.05, 0.1) is 6.61 Å². The number of benzene rings is 1. The Morgan fingerprint density at radius 2 is 2.00 bits per heavy atom. The van der Waals surface area contributed by atoms with Crippen molar-refractivity contribution < 1.29 is 9.53 Å². The lowest BCUT2D eigenvalue weighted by molar-refractivity contribution is -0.130. The van der Waals surface area contributed by atoms with Gasteiger partial charge < -0.3 is 4.74 Å². The molecule has 82 valence electrons. The first kappa shape index (κ1) is 11.9. The number of ketones is 1. The Hall–Kier alpha value is -1.15. The van der Waals surface area contributed by atoms with Crippen molar-refractivity contribution >= 4 is 5.78 Å². The Kier molecular flexibility index (Phi) is 5.05. The first-order chi connectivity index (χ1) is 7.24. The Morgan fingerprint density at radius 3 is 2.60 bits per heavy atom. The van der Waals surface area contributed by atoms with Crippen molar-refractivity contribution in [2.75, 3.05) is 0 Å². The molecule has 0 N–H and O–H groups in total. The predicted octanol–water partition coefficient (Wildman–Crippen LogP) is 2.96. The molecule has 0 aliphatic rings. The van der Waals surface area contributed by atoms with Gasteiger partial charge >= 0.3 is 0 Å². The van der Waals surface area contributed by atoms with Crippen LogP contribution in [0, 0.1) is 0 Å².